The van der Waals surface area contributed by atoms with Crippen LogP contribution in [0.2, 0.25) is 0 Å². The Kier molecular flexibility index (Phi) is 4.24. The van der Waals surface area contributed by atoms with Gasteiger partial charge in [0.25, 0.3) is 0 Å². The number of amides is 2. The lowest BCUT2D eigenvalue weighted by Gasteiger charge is -2.27. The van der Waals surface area contributed by atoms with Gasteiger partial charge < -0.3 is 20.0 Å². The lowest BCUT2D eigenvalue weighted by molar-refractivity contribution is -0.141. The monoisotopic (exact) mass is 299 g/mol. The van der Waals surface area contributed by atoms with Crippen LogP contribution in [0.4, 0.5) is 4.79 Å². The van der Waals surface area contributed by atoms with E-state index in [0.29, 0.717) is 6.54 Å². The topological polar surface area (TPSA) is 94.0 Å². The molecular formula is C12H17N3O4S. The third-order valence-electron chi connectivity index (χ3n) is 3.36. The maximum Gasteiger partial charge on any atom is 0.326 e. The molecule has 8 heteroatoms. The Morgan fingerprint density at radius 2 is 2.30 bits per heavy atom. The summed E-state index contributed by atoms with van der Waals surface area (Å²) in [5.74, 6) is -1.09. The second kappa shape index (κ2) is 5.76. The first-order valence-electron chi connectivity index (χ1n) is 6.21. The molecule has 1 fully saturated rings. The van der Waals surface area contributed by atoms with Crippen LogP contribution in [0.5, 0.6) is 0 Å². The van der Waals surface area contributed by atoms with Crippen LogP contribution in [0.25, 0.3) is 0 Å². The van der Waals surface area contributed by atoms with Gasteiger partial charge in [-0.2, -0.15) is 0 Å². The van der Waals surface area contributed by atoms with E-state index in [1.165, 1.54) is 21.1 Å². The van der Waals surface area contributed by atoms with Gasteiger partial charge in [-0.3, -0.25) is 0 Å². The lowest BCUT2D eigenvalue weighted by Crippen LogP contribution is -2.46. The molecule has 2 unspecified atom stereocenters. The Morgan fingerprint density at radius 3 is 2.85 bits per heavy atom. The molecule has 2 amide bonds. The molecule has 1 aliphatic rings. The molecule has 2 N–H and O–H groups in total. The van der Waals surface area contributed by atoms with Gasteiger partial charge in [0.1, 0.15) is 6.04 Å². The van der Waals surface area contributed by atoms with Gasteiger partial charge in [0.15, 0.2) is 0 Å². The Morgan fingerprint density at radius 1 is 1.60 bits per heavy atom. The molecule has 2 rings (SSSR count). The number of rotatable bonds is 3. The number of aliphatic carboxylic acids is 1. The van der Waals surface area contributed by atoms with E-state index in [2.05, 4.69) is 4.98 Å². The second-order valence-corrected chi connectivity index (χ2v) is 5.83. The molecule has 0 radical (unpaired) electrons. The first kappa shape index (κ1) is 14.7. The van der Waals surface area contributed by atoms with Crippen molar-refractivity contribution in [3.05, 3.63) is 16.1 Å². The first-order valence-corrected chi connectivity index (χ1v) is 7.09. The number of aliphatic hydroxyl groups excluding tert-OH is 1. The fourth-order valence-electron chi connectivity index (χ4n) is 2.24. The highest BCUT2D eigenvalue weighted by molar-refractivity contribution is 7.09. The van der Waals surface area contributed by atoms with E-state index in [4.69, 9.17) is 5.11 Å². The standard InChI is InChI=1S/C12H17N3O4S/c1-7-10(20-6-13-7)5-14(2)12(19)15-4-8(16)3-9(15)11(17)18/h6,8-9,16H,3-5H2,1-2H3,(H,17,18). The summed E-state index contributed by atoms with van der Waals surface area (Å²) in [5.41, 5.74) is 2.58. The van der Waals surface area contributed by atoms with Crippen molar-refractivity contribution in [2.24, 2.45) is 0 Å². The van der Waals surface area contributed by atoms with Gasteiger partial charge >= 0.3 is 12.0 Å². The Labute approximate surface area is 120 Å². The van der Waals surface area contributed by atoms with Gasteiger partial charge in [-0.05, 0) is 6.92 Å². The average Bonchev–Trinajstić information content (AvgIpc) is 2.95. The number of thiazole rings is 1. The maximum absolute atomic E-state index is 12.3. The molecule has 1 aromatic rings. The number of likely N-dealkylation sites (tertiary alicyclic amines) is 1. The average molecular weight is 299 g/mol. The zero-order valence-electron chi connectivity index (χ0n) is 11.3. The first-order chi connectivity index (χ1) is 9.40. The van der Waals surface area contributed by atoms with Crippen molar-refractivity contribution in [2.75, 3.05) is 13.6 Å². The largest absolute Gasteiger partial charge is 0.480 e. The van der Waals surface area contributed by atoms with Crippen LogP contribution in [0.15, 0.2) is 5.51 Å². The summed E-state index contributed by atoms with van der Waals surface area (Å²) in [6.45, 7) is 2.31. The van der Waals surface area contributed by atoms with E-state index in [-0.39, 0.29) is 19.0 Å². The molecule has 1 aliphatic heterocycles. The fourth-order valence-corrected chi connectivity index (χ4v) is 3.07. The van der Waals surface area contributed by atoms with Gasteiger partial charge in [0, 0.05) is 24.9 Å². The minimum atomic E-state index is -1.09. The Hall–Kier alpha value is -1.67. The number of nitrogens with zero attached hydrogens (tertiary/aromatic N) is 3. The highest BCUT2D eigenvalue weighted by Gasteiger charge is 2.40. The van der Waals surface area contributed by atoms with Crippen LogP contribution in [0, 0.1) is 6.92 Å². The van der Waals surface area contributed by atoms with Gasteiger partial charge in [-0.1, -0.05) is 0 Å². The number of hydrogen-bond acceptors (Lipinski definition) is 5. The molecule has 2 heterocycles. The minimum absolute atomic E-state index is 0.0574. The van der Waals surface area contributed by atoms with E-state index < -0.39 is 18.1 Å². The third-order valence-corrected chi connectivity index (χ3v) is 4.28. The Bertz CT molecular complexity index is 519. The van der Waals surface area contributed by atoms with Crippen LogP contribution in [-0.2, 0) is 11.3 Å². The molecule has 1 saturated heterocycles. The normalized spacial score (nSPS) is 22.1. The molecule has 110 valence electrons. The molecule has 2 atom stereocenters. The van der Waals surface area contributed by atoms with Crippen molar-refractivity contribution in [1.82, 2.24) is 14.8 Å². The summed E-state index contributed by atoms with van der Waals surface area (Å²) in [5, 5.41) is 18.7. The van der Waals surface area contributed by atoms with Crippen LogP contribution >= 0.6 is 11.3 Å². The van der Waals surface area contributed by atoms with E-state index in [1.807, 2.05) is 6.92 Å². The summed E-state index contributed by atoms with van der Waals surface area (Å²) < 4.78 is 0. The summed E-state index contributed by atoms with van der Waals surface area (Å²) in [6, 6.07) is -1.34. The van der Waals surface area contributed by atoms with Crippen LogP contribution in [-0.4, -0.2) is 62.7 Å². The summed E-state index contributed by atoms with van der Waals surface area (Å²) in [7, 11) is 1.62. The number of carbonyl (C=O) groups is 2. The highest BCUT2D eigenvalue weighted by Crippen LogP contribution is 2.21. The number of aliphatic hydroxyl groups is 1. The number of aromatic nitrogens is 1. The zero-order chi connectivity index (χ0) is 14.9. The number of carbonyl (C=O) groups excluding carboxylic acids is 1. The summed E-state index contributed by atoms with van der Waals surface area (Å²) in [4.78, 5) is 31.2. The van der Waals surface area contributed by atoms with E-state index in [9.17, 15) is 14.7 Å². The van der Waals surface area contributed by atoms with Gasteiger partial charge in [-0.15, -0.1) is 11.3 Å². The summed E-state index contributed by atoms with van der Waals surface area (Å²) in [6.07, 6.45) is -0.701. The minimum Gasteiger partial charge on any atom is -0.480 e. The number of urea groups is 1. The molecule has 0 aliphatic carbocycles. The van der Waals surface area contributed by atoms with E-state index >= 15 is 0 Å². The number of hydrogen-bond donors (Lipinski definition) is 2. The third kappa shape index (κ3) is 2.91. The van der Waals surface area contributed by atoms with Gasteiger partial charge in [0.05, 0.1) is 23.9 Å². The zero-order valence-corrected chi connectivity index (χ0v) is 12.1. The van der Waals surface area contributed by atoms with Crippen molar-refractivity contribution >= 4 is 23.3 Å². The van der Waals surface area contributed by atoms with Gasteiger partial charge in [-0.25, -0.2) is 14.6 Å². The molecule has 0 saturated carbocycles. The Balaban J connectivity index is 2.06. The molecule has 0 aromatic carbocycles. The highest BCUT2D eigenvalue weighted by atomic mass is 32.1. The number of carboxylic acids is 1. The lowest BCUT2D eigenvalue weighted by atomic mass is 10.2. The molecule has 20 heavy (non-hydrogen) atoms. The van der Waals surface area contributed by atoms with Crippen LogP contribution in [0.3, 0.4) is 0 Å². The van der Waals surface area contributed by atoms with Crippen molar-refractivity contribution < 1.29 is 19.8 Å². The predicted molar refractivity (Wildman–Crippen MR) is 72.5 cm³/mol. The van der Waals surface area contributed by atoms with Crippen molar-refractivity contribution in [3.63, 3.8) is 0 Å². The van der Waals surface area contributed by atoms with Crippen molar-refractivity contribution in [2.45, 2.75) is 32.0 Å². The number of aryl methyl sites for hydroxylation is 1. The summed E-state index contributed by atoms with van der Waals surface area (Å²) >= 11 is 1.46. The molecule has 0 bridgehead atoms. The molecule has 0 spiro atoms. The van der Waals surface area contributed by atoms with Gasteiger partial charge in [0.2, 0.25) is 0 Å². The maximum atomic E-state index is 12.3. The number of carboxylic acid groups (broad SMARTS) is 1. The molecule has 1 aromatic heterocycles. The SMILES string of the molecule is Cc1ncsc1CN(C)C(=O)N1CC(O)CC1C(=O)O. The number of β-amino-alcohol motifs (C(OH)–C–C–N with tert-alkyl or cyclic N) is 1. The fraction of sp³-hybridized carbons (Fsp3) is 0.583. The molecule has 7 nitrogen and oxygen atoms in total. The molecular weight excluding hydrogens is 282 g/mol. The van der Waals surface area contributed by atoms with Crippen molar-refractivity contribution in [3.8, 4) is 0 Å². The smallest absolute Gasteiger partial charge is 0.326 e. The van der Waals surface area contributed by atoms with Crippen LogP contribution in [0.1, 0.15) is 17.0 Å². The predicted octanol–water partition coefficient (Wildman–Crippen LogP) is 0.523. The van der Waals surface area contributed by atoms with E-state index in [1.54, 1.807) is 12.6 Å². The quantitative estimate of drug-likeness (QED) is 0.849. The second-order valence-electron chi connectivity index (χ2n) is 4.90. The van der Waals surface area contributed by atoms with Crippen molar-refractivity contribution in [1.29, 1.82) is 0 Å². The van der Waals surface area contributed by atoms with E-state index in [0.717, 1.165) is 10.6 Å². The van der Waals surface area contributed by atoms with Crippen LogP contribution < -0.4 is 0 Å².